The van der Waals surface area contributed by atoms with E-state index in [1.807, 2.05) is 6.92 Å². The van der Waals surface area contributed by atoms with Crippen molar-refractivity contribution in [3.63, 3.8) is 0 Å². The quantitative estimate of drug-likeness (QED) is 0.794. The van der Waals surface area contributed by atoms with Crippen LogP contribution in [-0.4, -0.2) is 37.4 Å². The third-order valence-corrected chi connectivity index (χ3v) is 4.43. The Kier molecular flexibility index (Phi) is 5.73. The standard InChI is InChI=1S/C18H20BF2NO4/c1-3-25-16-6-11(4-5-15(16)24-2)13-8-22-9-14(17(13)18(20)21)12-7-19(23)26-10-12/h4-6,8-9,12,18,23H,3,7,10H2,1-2H3. The number of aromatic nitrogens is 1. The Balaban J connectivity index is 2.09. The van der Waals surface area contributed by atoms with E-state index in [-0.39, 0.29) is 24.4 Å². The highest BCUT2D eigenvalue weighted by atomic mass is 19.3. The fourth-order valence-electron chi connectivity index (χ4n) is 3.22. The molecule has 0 bridgehead atoms. The van der Waals surface area contributed by atoms with Gasteiger partial charge < -0.3 is 19.2 Å². The highest BCUT2D eigenvalue weighted by Gasteiger charge is 2.33. The number of nitrogens with zero attached hydrogens (tertiary/aromatic N) is 1. The van der Waals surface area contributed by atoms with Gasteiger partial charge in [0.15, 0.2) is 11.5 Å². The highest BCUT2D eigenvalue weighted by molar-refractivity contribution is 6.43. The first-order valence-corrected chi connectivity index (χ1v) is 8.42. The van der Waals surface area contributed by atoms with Gasteiger partial charge in [0, 0.05) is 36.0 Å². The highest BCUT2D eigenvalue weighted by Crippen LogP contribution is 2.41. The molecule has 0 saturated carbocycles. The molecule has 2 aromatic rings. The van der Waals surface area contributed by atoms with E-state index in [2.05, 4.69) is 4.98 Å². The predicted octanol–water partition coefficient (Wildman–Crippen LogP) is 3.69. The van der Waals surface area contributed by atoms with Crippen LogP contribution in [0.1, 0.15) is 30.4 Å². The molecule has 1 aromatic heterocycles. The lowest BCUT2D eigenvalue weighted by Crippen LogP contribution is -2.08. The minimum Gasteiger partial charge on any atom is -0.493 e. The molecule has 0 spiro atoms. The summed E-state index contributed by atoms with van der Waals surface area (Å²) >= 11 is 0. The summed E-state index contributed by atoms with van der Waals surface area (Å²) in [7, 11) is 0.593. The molecule has 1 unspecified atom stereocenters. The summed E-state index contributed by atoms with van der Waals surface area (Å²) in [6.45, 7) is 2.46. The average Bonchev–Trinajstić information content (AvgIpc) is 3.07. The molecule has 8 heteroatoms. The number of benzene rings is 1. The van der Waals surface area contributed by atoms with E-state index in [9.17, 15) is 13.8 Å². The van der Waals surface area contributed by atoms with Gasteiger partial charge >= 0.3 is 7.12 Å². The number of methoxy groups -OCH3 is 1. The first-order chi connectivity index (χ1) is 12.5. The molecule has 3 rings (SSSR count). The van der Waals surface area contributed by atoms with Crippen molar-refractivity contribution < 1.29 is 27.9 Å². The zero-order chi connectivity index (χ0) is 18.7. The number of alkyl halides is 2. The fraction of sp³-hybridized carbons (Fsp3) is 0.389. The Labute approximate surface area is 151 Å². The molecule has 2 heterocycles. The fourth-order valence-corrected chi connectivity index (χ4v) is 3.22. The van der Waals surface area contributed by atoms with Crippen molar-refractivity contribution in [2.45, 2.75) is 25.6 Å². The van der Waals surface area contributed by atoms with Crippen LogP contribution in [0.15, 0.2) is 30.6 Å². The Hall–Kier alpha value is -2.19. The van der Waals surface area contributed by atoms with Crippen LogP contribution >= 0.6 is 0 Å². The zero-order valence-corrected chi connectivity index (χ0v) is 14.6. The maximum atomic E-state index is 13.9. The van der Waals surface area contributed by atoms with E-state index in [0.29, 0.717) is 34.8 Å². The lowest BCUT2D eigenvalue weighted by molar-refractivity contribution is 0.150. The second-order valence-corrected chi connectivity index (χ2v) is 6.01. The minimum absolute atomic E-state index is 0.0877. The third kappa shape index (κ3) is 3.66. The van der Waals surface area contributed by atoms with Gasteiger partial charge in [0.25, 0.3) is 6.43 Å². The normalized spacial score (nSPS) is 17.0. The molecule has 0 radical (unpaired) electrons. The largest absolute Gasteiger partial charge is 0.493 e. The molecule has 1 atom stereocenters. The summed E-state index contributed by atoms with van der Waals surface area (Å²) in [5.41, 5.74) is 1.22. The first kappa shape index (κ1) is 18.6. The molecule has 1 saturated heterocycles. The number of hydrogen-bond donors (Lipinski definition) is 1. The van der Waals surface area contributed by atoms with Crippen molar-refractivity contribution >= 4 is 7.12 Å². The van der Waals surface area contributed by atoms with Gasteiger partial charge in [-0.1, -0.05) is 6.07 Å². The summed E-state index contributed by atoms with van der Waals surface area (Å²) in [5, 5.41) is 9.57. The molecule has 0 aliphatic carbocycles. The molecular formula is C18H20BF2NO4. The van der Waals surface area contributed by atoms with Gasteiger partial charge in [-0.15, -0.1) is 0 Å². The van der Waals surface area contributed by atoms with Crippen LogP contribution in [0.5, 0.6) is 11.5 Å². The zero-order valence-electron chi connectivity index (χ0n) is 14.6. The molecule has 138 valence electrons. The van der Waals surface area contributed by atoms with Crippen molar-refractivity contribution in [2.75, 3.05) is 20.3 Å². The molecule has 1 aromatic carbocycles. The van der Waals surface area contributed by atoms with Crippen LogP contribution in [0.4, 0.5) is 8.78 Å². The molecule has 26 heavy (non-hydrogen) atoms. The van der Waals surface area contributed by atoms with Crippen LogP contribution in [-0.2, 0) is 4.65 Å². The topological polar surface area (TPSA) is 60.8 Å². The van der Waals surface area contributed by atoms with E-state index in [1.165, 1.54) is 19.5 Å². The monoisotopic (exact) mass is 363 g/mol. The lowest BCUT2D eigenvalue weighted by atomic mass is 9.78. The number of ether oxygens (including phenoxy) is 2. The number of pyridine rings is 1. The smallest absolute Gasteiger partial charge is 0.454 e. The number of rotatable bonds is 6. The summed E-state index contributed by atoms with van der Waals surface area (Å²) in [4.78, 5) is 4.15. The Morgan fingerprint density at radius 2 is 2.15 bits per heavy atom. The van der Waals surface area contributed by atoms with Gasteiger partial charge in [-0.05, 0) is 36.5 Å². The van der Waals surface area contributed by atoms with E-state index in [1.54, 1.807) is 18.2 Å². The Bertz CT molecular complexity index is 775. The maximum absolute atomic E-state index is 13.9. The van der Waals surface area contributed by atoms with Crippen LogP contribution in [0, 0.1) is 0 Å². The first-order valence-electron chi connectivity index (χ1n) is 8.42. The summed E-state index contributed by atoms with van der Waals surface area (Å²) in [6, 6.07) is 5.06. The van der Waals surface area contributed by atoms with Gasteiger partial charge in [0.1, 0.15) is 0 Å². The van der Waals surface area contributed by atoms with Gasteiger partial charge in [-0.25, -0.2) is 8.78 Å². The SMILES string of the molecule is CCOc1cc(-c2cncc(C3COB(O)C3)c2C(F)F)ccc1OC. The third-order valence-electron chi connectivity index (χ3n) is 4.43. The van der Waals surface area contributed by atoms with Crippen molar-refractivity contribution in [1.29, 1.82) is 0 Å². The summed E-state index contributed by atoms with van der Waals surface area (Å²) in [5.74, 6) is 0.703. The Morgan fingerprint density at radius 1 is 1.35 bits per heavy atom. The van der Waals surface area contributed by atoms with E-state index in [4.69, 9.17) is 14.1 Å². The maximum Gasteiger partial charge on any atom is 0.454 e. The van der Waals surface area contributed by atoms with E-state index >= 15 is 0 Å². The molecule has 1 aliphatic heterocycles. The van der Waals surface area contributed by atoms with E-state index < -0.39 is 13.5 Å². The Morgan fingerprint density at radius 3 is 2.77 bits per heavy atom. The van der Waals surface area contributed by atoms with Crippen LogP contribution in [0.3, 0.4) is 0 Å². The van der Waals surface area contributed by atoms with Crippen LogP contribution < -0.4 is 9.47 Å². The second-order valence-electron chi connectivity index (χ2n) is 6.01. The van der Waals surface area contributed by atoms with Gasteiger partial charge in [-0.3, -0.25) is 4.98 Å². The van der Waals surface area contributed by atoms with Crippen molar-refractivity contribution in [1.82, 2.24) is 4.98 Å². The number of hydrogen-bond acceptors (Lipinski definition) is 5. The van der Waals surface area contributed by atoms with Crippen LogP contribution in [0.25, 0.3) is 11.1 Å². The van der Waals surface area contributed by atoms with Crippen molar-refractivity contribution in [3.05, 3.63) is 41.7 Å². The second kappa shape index (κ2) is 8.01. The molecular weight excluding hydrogens is 343 g/mol. The molecule has 1 N–H and O–H groups in total. The number of halogens is 2. The van der Waals surface area contributed by atoms with Crippen molar-refractivity contribution in [3.8, 4) is 22.6 Å². The summed E-state index contributed by atoms with van der Waals surface area (Å²) < 4.78 is 43.8. The predicted molar refractivity (Wildman–Crippen MR) is 93.8 cm³/mol. The molecule has 5 nitrogen and oxygen atoms in total. The molecule has 1 fully saturated rings. The average molecular weight is 363 g/mol. The van der Waals surface area contributed by atoms with Crippen molar-refractivity contribution in [2.24, 2.45) is 0 Å². The molecule has 0 amide bonds. The van der Waals surface area contributed by atoms with Gasteiger partial charge in [0.05, 0.1) is 13.7 Å². The van der Waals surface area contributed by atoms with E-state index in [0.717, 1.165) is 0 Å². The van der Waals surface area contributed by atoms with Crippen LogP contribution in [0.2, 0.25) is 6.32 Å². The summed E-state index contributed by atoms with van der Waals surface area (Å²) in [6.07, 6.45) is 0.453. The minimum atomic E-state index is -2.68. The molecule has 1 aliphatic rings. The van der Waals surface area contributed by atoms with Gasteiger partial charge in [-0.2, -0.15) is 0 Å². The lowest BCUT2D eigenvalue weighted by Gasteiger charge is -2.18. The van der Waals surface area contributed by atoms with Gasteiger partial charge in [0.2, 0.25) is 0 Å².